The second kappa shape index (κ2) is 13.9. The number of hydrogen-bond donors (Lipinski definition) is 0. The van der Waals surface area contributed by atoms with Crippen LogP contribution in [0.5, 0.6) is 5.75 Å². The summed E-state index contributed by atoms with van der Waals surface area (Å²) in [4.78, 5) is 44.3. The lowest BCUT2D eigenvalue weighted by molar-refractivity contribution is -0.139. The number of benzene rings is 3. The minimum atomic E-state index is -0.723. The van der Waals surface area contributed by atoms with Crippen LogP contribution in [0.3, 0.4) is 0 Å². The van der Waals surface area contributed by atoms with Gasteiger partial charge in [0.25, 0.3) is 5.56 Å². The van der Waals surface area contributed by atoms with Crippen molar-refractivity contribution in [2.45, 2.75) is 40.3 Å². The predicted molar refractivity (Wildman–Crippen MR) is 175 cm³/mol. The zero-order chi connectivity index (χ0) is 32.2. The topological polar surface area (TPSA) is 96.2 Å². The molecule has 0 spiro atoms. The van der Waals surface area contributed by atoms with Gasteiger partial charge in [-0.25, -0.2) is 14.6 Å². The van der Waals surface area contributed by atoms with Crippen molar-refractivity contribution in [1.29, 1.82) is 0 Å². The Hall–Kier alpha value is -4.18. The molecule has 232 valence electrons. The average molecular weight is 666 g/mol. The fourth-order valence-electron chi connectivity index (χ4n) is 4.94. The highest BCUT2D eigenvalue weighted by molar-refractivity contribution is 7.07. The summed E-state index contributed by atoms with van der Waals surface area (Å²) >= 11 is 14.1. The Kier molecular flexibility index (Phi) is 9.92. The molecular weight excluding hydrogens is 635 g/mol. The Morgan fingerprint density at radius 1 is 0.956 bits per heavy atom. The van der Waals surface area contributed by atoms with Crippen LogP contribution in [0.25, 0.3) is 6.08 Å². The largest absolute Gasteiger partial charge is 0.487 e. The molecule has 8 nitrogen and oxygen atoms in total. The van der Waals surface area contributed by atoms with E-state index in [2.05, 4.69) is 4.99 Å². The van der Waals surface area contributed by atoms with Gasteiger partial charge in [-0.1, -0.05) is 76.5 Å². The van der Waals surface area contributed by atoms with E-state index in [0.29, 0.717) is 42.5 Å². The maximum atomic E-state index is 14.1. The fraction of sp³-hybridized carbons (Fsp3) is 0.235. The highest BCUT2D eigenvalue weighted by atomic mass is 35.5. The number of carbonyl (C=O) groups excluding carboxylic acids is 2. The third kappa shape index (κ3) is 6.91. The van der Waals surface area contributed by atoms with Gasteiger partial charge in [0.1, 0.15) is 12.4 Å². The van der Waals surface area contributed by atoms with Crippen LogP contribution in [0.2, 0.25) is 10.0 Å². The lowest BCUT2D eigenvalue weighted by Gasteiger charge is -2.24. The quantitative estimate of drug-likeness (QED) is 0.199. The molecule has 2 heterocycles. The van der Waals surface area contributed by atoms with Gasteiger partial charge in [0, 0.05) is 10.6 Å². The smallest absolute Gasteiger partial charge is 0.338 e. The van der Waals surface area contributed by atoms with Gasteiger partial charge in [0.15, 0.2) is 4.80 Å². The van der Waals surface area contributed by atoms with E-state index in [9.17, 15) is 14.4 Å². The Morgan fingerprint density at radius 2 is 1.62 bits per heavy atom. The predicted octanol–water partition coefficient (Wildman–Crippen LogP) is 6.17. The lowest BCUT2D eigenvalue weighted by atomic mass is 9.95. The highest BCUT2D eigenvalue weighted by Crippen LogP contribution is 2.34. The van der Waals surface area contributed by atoms with Crippen LogP contribution in [0.1, 0.15) is 59.4 Å². The molecule has 0 unspecified atom stereocenters. The van der Waals surface area contributed by atoms with Gasteiger partial charge in [0.05, 0.1) is 45.6 Å². The number of carbonyl (C=O) groups is 2. The van der Waals surface area contributed by atoms with Crippen LogP contribution in [-0.4, -0.2) is 29.7 Å². The van der Waals surface area contributed by atoms with Gasteiger partial charge in [-0.05, 0) is 69.2 Å². The molecule has 0 radical (unpaired) electrons. The number of ether oxygens (including phenoxy) is 3. The van der Waals surface area contributed by atoms with Gasteiger partial charge < -0.3 is 14.2 Å². The van der Waals surface area contributed by atoms with E-state index in [1.165, 1.54) is 15.9 Å². The van der Waals surface area contributed by atoms with Crippen LogP contribution in [0.4, 0.5) is 0 Å². The first kappa shape index (κ1) is 32.2. The SMILES string of the molecule is CCOC(=O)C1=C(C)N=c2s/c(=C\c3cc(Cl)cc(Cl)c3OCc3ccc(C(=O)OCC)cc3)c(=O)n2[C@@H]1c1ccc(C)cc1. The molecule has 0 amide bonds. The van der Waals surface area contributed by atoms with Crippen LogP contribution in [0, 0.1) is 6.92 Å². The van der Waals surface area contributed by atoms with E-state index in [1.54, 1.807) is 63.2 Å². The molecular formula is C34H30Cl2N2O6S. The Bertz CT molecular complexity index is 1980. The first-order valence-corrected chi connectivity index (χ1v) is 15.8. The van der Waals surface area contributed by atoms with Crippen molar-refractivity contribution in [1.82, 2.24) is 4.57 Å². The molecule has 1 aromatic heterocycles. The molecule has 3 aromatic carbocycles. The standard InChI is InChI=1S/C34H30Cl2N2O6S/c1-5-42-32(40)23-13-9-21(10-14-23)18-44-30-24(15-25(35)17-26(30)36)16-27-31(39)38-29(22-11-7-19(3)8-12-22)28(33(41)43-6-2)20(4)37-34(38)45-27/h7-17,29H,5-6,18H2,1-4H3/b27-16-/t29-/m1/s1. The summed E-state index contributed by atoms with van der Waals surface area (Å²) in [6.45, 7) is 7.82. The van der Waals surface area contributed by atoms with E-state index < -0.39 is 18.0 Å². The number of fused-ring (bicyclic) bond motifs is 1. The molecule has 0 saturated carbocycles. The van der Waals surface area contributed by atoms with Crippen molar-refractivity contribution >= 4 is 52.6 Å². The van der Waals surface area contributed by atoms with Gasteiger partial charge in [-0.3, -0.25) is 9.36 Å². The van der Waals surface area contributed by atoms with Crippen molar-refractivity contribution in [3.63, 3.8) is 0 Å². The number of allylic oxidation sites excluding steroid dienone is 1. The molecule has 1 aliphatic rings. The number of rotatable bonds is 9. The number of thiazole rings is 1. The second-order valence-electron chi connectivity index (χ2n) is 10.2. The first-order chi connectivity index (χ1) is 21.6. The third-order valence-electron chi connectivity index (χ3n) is 7.08. The summed E-state index contributed by atoms with van der Waals surface area (Å²) in [6.07, 6.45) is 1.66. The van der Waals surface area contributed by atoms with Crippen LogP contribution >= 0.6 is 34.5 Å². The monoisotopic (exact) mass is 664 g/mol. The van der Waals surface area contributed by atoms with E-state index in [1.807, 2.05) is 31.2 Å². The minimum absolute atomic E-state index is 0.141. The molecule has 5 rings (SSSR count). The van der Waals surface area contributed by atoms with Crippen LogP contribution < -0.4 is 19.6 Å². The normalized spacial score (nSPS) is 14.5. The van der Waals surface area contributed by atoms with Crippen LogP contribution in [0.15, 0.2) is 81.7 Å². The number of esters is 2. The molecule has 0 saturated heterocycles. The highest BCUT2D eigenvalue weighted by Gasteiger charge is 2.33. The molecule has 45 heavy (non-hydrogen) atoms. The van der Waals surface area contributed by atoms with E-state index >= 15 is 0 Å². The maximum absolute atomic E-state index is 14.1. The number of hydrogen-bond acceptors (Lipinski definition) is 8. The molecule has 0 N–H and O–H groups in total. The maximum Gasteiger partial charge on any atom is 0.338 e. The zero-order valence-corrected chi connectivity index (χ0v) is 27.4. The van der Waals surface area contributed by atoms with Crippen molar-refractivity contribution in [2.75, 3.05) is 13.2 Å². The third-order valence-corrected chi connectivity index (χ3v) is 8.56. The number of aromatic nitrogens is 1. The Labute approximate surface area is 273 Å². The minimum Gasteiger partial charge on any atom is -0.487 e. The fourth-order valence-corrected chi connectivity index (χ4v) is 6.54. The van der Waals surface area contributed by atoms with Gasteiger partial charge >= 0.3 is 11.9 Å². The first-order valence-electron chi connectivity index (χ1n) is 14.2. The number of nitrogens with zero attached hydrogens (tertiary/aromatic N) is 2. The van der Waals surface area contributed by atoms with Crippen molar-refractivity contribution < 1.29 is 23.8 Å². The number of aryl methyl sites for hydroxylation is 1. The van der Waals surface area contributed by atoms with Crippen molar-refractivity contribution in [2.24, 2.45) is 4.99 Å². The van der Waals surface area contributed by atoms with E-state index in [0.717, 1.165) is 16.7 Å². The molecule has 0 fully saturated rings. The molecule has 0 bridgehead atoms. The van der Waals surface area contributed by atoms with E-state index in [4.69, 9.17) is 37.4 Å². The average Bonchev–Trinajstić information content (AvgIpc) is 3.30. The van der Waals surface area contributed by atoms with Crippen molar-refractivity contribution in [3.05, 3.63) is 129 Å². The molecule has 1 aliphatic heterocycles. The van der Waals surface area contributed by atoms with Gasteiger partial charge in [0.2, 0.25) is 0 Å². The summed E-state index contributed by atoms with van der Waals surface area (Å²) in [7, 11) is 0. The number of halogens is 2. The summed E-state index contributed by atoms with van der Waals surface area (Å²) < 4.78 is 18.4. The van der Waals surface area contributed by atoms with Crippen LogP contribution in [-0.2, 0) is 20.9 Å². The summed E-state index contributed by atoms with van der Waals surface area (Å²) in [5.74, 6) is -0.588. The summed E-state index contributed by atoms with van der Waals surface area (Å²) in [5, 5.41) is 0.630. The lowest BCUT2D eigenvalue weighted by Crippen LogP contribution is -2.39. The Balaban J connectivity index is 1.56. The summed E-state index contributed by atoms with van der Waals surface area (Å²) in [6, 6.07) is 17.0. The van der Waals surface area contributed by atoms with Gasteiger partial charge in [-0.2, -0.15) is 0 Å². The molecule has 4 aromatic rings. The zero-order valence-electron chi connectivity index (χ0n) is 25.1. The van der Waals surface area contributed by atoms with Gasteiger partial charge in [-0.15, -0.1) is 0 Å². The molecule has 11 heteroatoms. The summed E-state index contributed by atoms with van der Waals surface area (Å²) in [5.41, 5.74) is 3.98. The molecule has 0 aliphatic carbocycles. The van der Waals surface area contributed by atoms with E-state index in [-0.39, 0.29) is 30.4 Å². The Morgan fingerprint density at radius 3 is 2.29 bits per heavy atom. The molecule has 1 atom stereocenters. The second-order valence-corrected chi connectivity index (χ2v) is 12.1. The van der Waals surface area contributed by atoms with Crippen molar-refractivity contribution in [3.8, 4) is 5.75 Å².